The molecule has 0 saturated carbocycles. The largest absolute Gasteiger partial charge is 0.375 e. The van der Waals surface area contributed by atoms with Crippen LogP contribution in [0.1, 0.15) is 19.0 Å². The summed E-state index contributed by atoms with van der Waals surface area (Å²) in [4.78, 5) is 13.3. The van der Waals surface area contributed by atoms with Gasteiger partial charge in [-0.1, -0.05) is 18.2 Å². The first kappa shape index (κ1) is 16.7. The van der Waals surface area contributed by atoms with Crippen LogP contribution >= 0.6 is 0 Å². The quantitative estimate of drug-likeness (QED) is 0.875. The van der Waals surface area contributed by atoms with Gasteiger partial charge in [0.15, 0.2) is 0 Å². The molecule has 3 rings (SSSR count). The Morgan fingerprint density at radius 3 is 2.96 bits per heavy atom. The van der Waals surface area contributed by atoms with Crippen LogP contribution in [0, 0.1) is 0 Å². The van der Waals surface area contributed by atoms with E-state index in [-0.39, 0.29) is 12.0 Å². The van der Waals surface area contributed by atoms with Gasteiger partial charge in [0.1, 0.15) is 0 Å². The summed E-state index contributed by atoms with van der Waals surface area (Å²) in [6.07, 6.45) is 2.85. The molecule has 1 fully saturated rings. The minimum absolute atomic E-state index is 0.00873. The molecule has 1 aromatic carbocycles. The second kappa shape index (κ2) is 8.08. The smallest absolute Gasteiger partial charge is 0.216 e. The molecule has 0 aliphatic carbocycles. The molecule has 6 heteroatoms. The van der Waals surface area contributed by atoms with Crippen LogP contribution in [0.3, 0.4) is 0 Å². The van der Waals surface area contributed by atoms with Crippen LogP contribution in [-0.2, 0) is 16.1 Å². The topological polar surface area (TPSA) is 59.4 Å². The molecule has 1 aliphatic rings. The molecule has 128 valence electrons. The lowest BCUT2D eigenvalue weighted by Crippen LogP contribution is -2.43. The van der Waals surface area contributed by atoms with Crippen LogP contribution < -0.4 is 5.32 Å². The third-order valence-electron chi connectivity index (χ3n) is 4.17. The summed E-state index contributed by atoms with van der Waals surface area (Å²) in [6.45, 7) is 5.56. The van der Waals surface area contributed by atoms with E-state index in [1.54, 1.807) is 6.92 Å². The Labute approximate surface area is 142 Å². The fourth-order valence-electron chi connectivity index (χ4n) is 2.99. The van der Waals surface area contributed by atoms with E-state index in [0.29, 0.717) is 6.54 Å². The number of hydrogen-bond acceptors (Lipinski definition) is 4. The Morgan fingerprint density at radius 1 is 1.33 bits per heavy atom. The molecule has 0 spiro atoms. The second-order valence-corrected chi connectivity index (χ2v) is 6.07. The predicted molar refractivity (Wildman–Crippen MR) is 91.9 cm³/mol. The van der Waals surface area contributed by atoms with Gasteiger partial charge in [-0.15, -0.1) is 0 Å². The Morgan fingerprint density at radius 2 is 2.17 bits per heavy atom. The van der Waals surface area contributed by atoms with Gasteiger partial charge < -0.3 is 10.1 Å². The highest BCUT2D eigenvalue weighted by Gasteiger charge is 2.21. The van der Waals surface area contributed by atoms with Crippen molar-refractivity contribution in [2.75, 3.05) is 26.2 Å². The SMILES string of the molecule is CC(=O)NCC[C@H]1CN(Cc2ccnn2-c2ccccc2)CCO1. The Bertz CT molecular complexity index is 656. The van der Waals surface area contributed by atoms with E-state index in [1.807, 2.05) is 29.1 Å². The fourth-order valence-corrected chi connectivity index (χ4v) is 2.99. The molecular weight excluding hydrogens is 304 g/mol. The van der Waals surface area contributed by atoms with Crippen LogP contribution in [0.5, 0.6) is 0 Å². The average molecular weight is 328 g/mol. The van der Waals surface area contributed by atoms with Crippen molar-refractivity contribution >= 4 is 5.91 Å². The van der Waals surface area contributed by atoms with Crippen molar-refractivity contribution in [3.05, 3.63) is 48.3 Å². The molecule has 1 aliphatic heterocycles. The van der Waals surface area contributed by atoms with Gasteiger partial charge in [0, 0.05) is 39.3 Å². The molecule has 0 unspecified atom stereocenters. The van der Waals surface area contributed by atoms with Crippen LogP contribution in [-0.4, -0.2) is 52.9 Å². The summed E-state index contributed by atoms with van der Waals surface area (Å²) in [6, 6.07) is 12.2. The molecule has 1 N–H and O–H groups in total. The van der Waals surface area contributed by atoms with Crippen molar-refractivity contribution in [1.29, 1.82) is 0 Å². The zero-order valence-electron chi connectivity index (χ0n) is 14.0. The van der Waals surface area contributed by atoms with Gasteiger partial charge in [-0.3, -0.25) is 9.69 Å². The lowest BCUT2D eigenvalue weighted by Gasteiger charge is -2.33. The molecule has 1 amide bonds. The monoisotopic (exact) mass is 328 g/mol. The highest BCUT2D eigenvalue weighted by atomic mass is 16.5. The van der Waals surface area contributed by atoms with Gasteiger partial charge in [-0.05, 0) is 24.6 Å². The van der Waals surface area contributed by atoms with Gasteiger partial charge in [-0.25, -0.2) is 4.68 Å². The molecule has 0 radical (unpaired) electrons. The molecule has 0 bridgehead atoms. The first-order valence-corrected chi connectivity index (χ1v) is 8.39. The Balaban J connectivity index is 1.58. The van der Waals surface area contributed by atoms with E-state index in [9.17, 15) is 4.79 Å². The number of morpholine rings is 1. The number of rotatable bonds is 6. The summed E-state index contributed by atoms with van der Waals surface area (Å²) in [5.74, 6) is 0.00873. The van der Waals surface area contributed by atoms with E-state index in [4.69, 9.17) is 4.74 Å². The normalized spacial score (nSPS) is 18.5. The van der Waals surface area contributed by atoms with Gasteiger partial charge in [0.25, 0.3) is 0 Å². The van der Waals surface area contributed by atoms with Crippen molar-refractivity contribution in [2.45, 2.75) is 26.0 Å². The molecule has 1 saturated heterocycles. The second-order valence-electron chi connectivity index (χ2n) is 6.07. The number of hydrogen-bond donors (Lipinski definition) is 1. The number of para-hydroxylation sites is 1. The van der Waals surface area contributed by atoms with Gasteiger partial charge >= 0.3 is 0 Å². The molecule has 2 aromatic rings. The number of nitrogens with one attached hydrogen (secondary N) is 1. The van der Waals surface area contributed by atoms with E-state index in [1.165, 1.54) is 5.69 Å². The standard InChI is InChI=1S/C18H24N4O2/c1-15(23)19-9-8-18-14-21(11-12-24-18)13-17-7-10-20-22(17)16-5-3-2-4-6-16/h2-7,10,18H,8-9,11-14H2,1H3,(H,19,23)/t18-/m0/s1. The zero-order valence-corrected chi connectivity index (χ0v) is 14.0. The molecule has 6 nitrogen and oxygen atoms in total. The number of carbonyl (C=O) groups excluding carboxylic acids is 1. The van der Waals surface area contributed by atoms with E-state index >= 15 is 0 Å². The van der Waals surface area contributed by atoms with Crippen molar-refractivity contribution in [1.82, 2.24) is 20.0 Å². The molecule has 24 heavy (non-hydrogen) atoms. The summed E-state index contributed by atoms with van der Waals surface area (Å²) in [5.41, 5.74) is 2.25. The van der Waals surface area contributed by atoms with Gasteiger partial charge in [-0.2, -0.15) is 5.10 Å². The number of aromatic nitrogens is 2. The molecule has 2 heterocycles. The van der Waals surface area contributed by atoms with Crippen molar-refractivity contribution < 1.29 is 9.53 Å². The molecular formula is C18H24N4O2. The zero-order chi connectivity index (χ0) is 16.8. The van der Waals surface area contributed by atoms with Crippen LogP contribution in [0.4, 0.5) is 0 Å². The van der Waals surface area contributed by atoms with Crippen LogP contribution in [0.25, 0.3) is 5.69 Å². The lowest BCUT2D eigenvalue weighted by atomic mass is 10.2. The maximum atomic E-state index is 11.0. The van der Waals surface area contributed by atoms with Gasteiger partial charge in [0.05, 0.1) is 24.1 Å². The van der Waals surface area contributed by atoms with E-state index in [0.717, 1.165) is 38.3 Å². The number of nitrogens with zero attached hydrogens (tertiary/aromatic N) is 3. The lowest BCUT2D eigenvalue weighted by molar-refractivity contribution is -0.119. The minimum Gasteiger partial charge on any atom is -0.375 e. The van der Waals surface area contributed by atoms with Gasteiger partial charge in [0.2, 0.25) is 5.91 Å². The summed E-state index contributed by atoms with van der Waals surface area (Å²) in [5, 5.41) is 7.28. The molecule has 1 aromatic heterocycles. The fraction of sp³-hybridized carbons (Fsp3) is 0.444. The minimum atomic E-state index is 0.00873. The first-order chi connectivity index (χ1) is 11.7. The van der Waals surface area contributed by atoms with E-state index < -0.39 is 0 Å². The number of benzene rings is 1. The first-order valence-electron chi connectivity index (χ1n) is 8.39. The number of carbonyl (C=O) groups is 1. The van der Waals surface area contributed by atoms with Crippen molar-refractivity contribution in [3.8, 4) is 5.69 Å². The molecule has 1 atom stereocenters. The Kier molecular flexibility index (Phi) is 5.61. The predicted octanol–water partition coefficient (Wildman–Crippen LogP) is 1.60. The highest BCUT2D eigenvalue weighted by Crippen LogP contribution is 2.15. The summed E-state index contributed by atoms with van der Waals surface area (Å²) in [7, 11) is 0. The van der Waals surface area contributed by atoms with Crippen molar-refractivity contribution in [2.24, 2.45) is 0 Å². The number of ether oxygens (including phenoxy) is 1. The van der Waals surface area contributed by atoms with Crippen LogP contribution in [0.15, 0.2) is 42.6 Å². The third-order valence-corrected chi connectivity index (χ3v) is 4.17. The third kappa shape index (κ3) is 4.43. The summed E-state index contributed by atoms with van der Waals surface area (Å²) >= 11 is 0. The maximum Gasteiger partial charge on any atom is 0.216 e. The van der Waals surface area contributed by atoms with E-state index in [2.05, 4.69) is 33.5 Å². The number of amides is 1. The summed E-state index contributed by atoms with van der Waals surface area (Å²) < 4.78 is 7.80. The highest BCUT2D eigenvalue weighted by molar-refractivity contribution is 5.72. The maximum absolute atomic E-state index is 11.0. The van der Waals surface area contributed by atoms with Crippen molar-refractivity contribution in [3.63, 3.8) is 0 Å². The van der Waals surface area contributed by atoms with Crippen LogP contribution in [0.2, 0.25) is 0 Å². The Hall–Kier alpha value is -2.18. The average Bonchev–Trinajstić information content (AvgIpc) is 3.04.